The number of carbonyl (C=O) groups is 1. The number of ether oxygens (including phenoxy) is 2. The van der Waals surface area contributed by atoms with Crippen molar-refractivity contribution in [3.05, 3.63) is 51.3 Å². The van der Waals surface area contributed by atoms with Crippen LogP contribution in [0.25, 0.3) is 0 Å². The largest absolute Gasteiger partial charge is 0.490 e. The number of nitrogens with zero attached hydrogens (tertiary/aromatic N) is 1. The third kappa shape index (κ3) is 7.75. The topological polar surface area (TPSA) is 84.0 Å². The number of hydrazone groups is 1. The molecule has 7 nitrogen and oxygen atoms in total. The van der Waals surface area contributed by atoms with Gasteiger partial charge >= 0.3 is 0 Å². The van der Waals surface area contributed by atoms with Gasteiger partial charge in [0.15, 0.2) is 23.2 Å². The fraction of sp³-hybridized carbons (Fsp3) is 0.250. The lowest BCUT2D eigenvalue weighted by molar-refractivity contribution is -0.118. The summed E-state index contributed by atoms with van der Waals surface area (Å²) in [4.78, 5) is 12.2. The van der Waals surface area contributed by atoms with Gasteiger partial charge in [0.25, 0.3) is 5.91 Å². The summed E-state index contributed by atoms with van der Waals surface area (Å²) < 4.78 is 25.1. The van der Waals surface area contributed by atoms with Gasteiger partial charge in [-0.1, -0.05) is 0 Å². The smallest absolute Gasteiger partial charge is 0.262 e. The zero-order valence-corrected chi connectivity index (χ0v) is 19.5. The van der Waals surface area contributed by atoms with Crippen molar-refractivity contribution in [1.29, 1.82) is 0 Å². The van der Waals surface area contributed by atoms with E-state index in [0.29, 0.717) is 35.5 Å². The molecule has 2 aromatic carbocycles. The van der Waals surface area contributed by atoms with Gasteiger partial charge in [0.2, 0.25) is 0 Å². The van der Waals surface area contributed by atoms with Crippen molar-refractivity contribution < 1.29 is 18.7 Å². The molecule has 0 saturated carbocycles. The van der Waals surface area contributed by atoms with E-state index in [-0.39, 0.29) is 18.3 Å². The van der Waals surface area contributed by atoms with Crippen LogP contribution >= 0.6 is 34.8 Å². The highest BCUT2D eigenvalue weighted by molar-refractivity contribution is 14.1. The first-order valence-corrected chi connectivity index (χ1v) is 10.6. The summed E-state index contributed by atoms with van der Waals surface area (Å²) >= 11 is 7.16. The number of halogens is 2. The number of rotatable bonds is 9. The second kappa shape index (κ2) is 12.3. The van der Waals surface area contributed by atoms with Gasteiger partial charge in [0, 0.05) is 12.2 Å². The van der Waals surface area contributed by atoms with Crippen LogP contribution in [0.1, 0.15) is 19.4 Å². The zero-order valence-electron chi connectivity index (χ0n) is 16.5. The standard InChI is InChI=1S/C20H22FIN4O3S/c1-3-23-20(30)26-24-11-13-9-16(22)19(17(10-13)28-4-2)29-12-18(27)25-15-7-5-14(21)6-8-15/h5-11H,3-4,12H2,1-2H3,(H,25,27)(H2,23,26,30)/b24-11-. The van der Waals surface area contributed by atoms with Gasteiger partial charge in [-0.2, -0.15) is 5.10 Å². The van der Waals surface area contributed by atoms with Crippen molar-refractivity contribution in [2.24, 2.45) is 5.10 Å². The number of hydrogen-bond donors (Lipinski definition) is 3. The highest BCUT2D eigenvalue weighted by atomic mass is 127. The van der Waals surface area contributed by atoms with Crippen LogP contribution in [-0.4, -0.2) is 37.0 Å². The van der Waals surface area contributed by atoms with Crippen LogP contribution in [0.4, 0.5) is 10.1 Å². The molecule has 2 rings (SSSR count). The summed E-state index contributed by atoms with van der Waals surface area (Å²) in [6, 6.07) is 9.11. The van der Waals surface area contributed by atoms with Crippen molar-refractivity contribution in [2.75, 3.05) is 25.1 Å². The predicted molar refractivity (Wildman–Crippen MR) is 128 cm³/mol. The van der Waals surface area contributed by atoms with Crippen molar-refractivity contribution in [3.63, 3.8) is 0 Å². The van der Waals surface area contributed by atoms with Gasteiger partial charge in [0.05, 0.1) is 16.4 Å². The molecule has 1 amide bonds. The fourth-order valence-corrected chi connectivity index (χ4v) is 3.28. The van der Waals surface area contributed by atoms with E-state index in [2.05, 4.69) is 43.8 Å². The minimum Gasteiger partial charge on any atom is -0.490 e. The van der Waals surface area contributed by atoms with Crippen molar-refractivity contribution in [2.45, 2.75) is 13.8 Å². The molecular weight excluding hydrogens is 522 g/mol. The van der Waals surface area contributed by atoms with Crippen molar-refractivity contribution in [1.82, 2.24) is 10.7 Å². The molecule has 0 unspecified atom stereocenters. The zero-order chi connectivity index (χ0) is 21.9. The molecule has 0 bridgehead atoms. The Morgan fingerprint density at radius 2 is 1.97 bits per heavy atom. The van der Waals surface area contributed by atoms with Crippen molar-refractivity contribution in [3.8, 4) is 11.5 Å². The molecule has 0 aromatic heterocycles. The van der Waals surface area contributed by atoms with E-state index in [4.69, 9.17) is 21.7 Å². The van der Waals surface area contributed by atoms with Crippen molar-refractivity contribution >= 4 is 57.7 Å². The Bertz CT molecular complexity index is 910. The lowest BCUT2D eigenvalue weighted by atomic mass is 10.2. The molecule has 0 aliphatic heterocycles. The third-order valence-electron chi connectivity index (χ3n) is 3.52. The highest BCUT2D eigenvalue weighted by Gasteiger charge is 2.14. The van der Waals surface area contributed by atoms with Crippen LogP contribution in [0.5, 0.6) is 11.5 Å². The Balaban J connectivity index is 2.05. The van der Waals surface area contributed by atoms with Gasteiger partial charge in [-0.25, -0.2) is 4.39 Å². The minimum absolute atomic E-state index is 0.223. The van der Waals surface area contributed by atoms with Crippen LogP contribution in [0.2, 0.25) is 0 Å². The lowest BCUT2D eigenvalue weighted by Gasteiger charge is -2.14. The normalized spacial score (nSPS) is 10.5. The lowest BCUT2D eigenvalue weighted by Crippen LogP contribution is -2.31. The number of benzene rings is 2. The number of carbonyl (C=O) groups excluding carboxylic acids is 1. The highest BCUT2D eigenvalue weighted by Crippen LogP contribution is 2.34. The number of anilines is 1. The Kier molecular flexibility index (Phi) is 9.74. The van der Waals surface area contributed by atoms with E-state index in [1.165, 1.54) is 24.3 Å². The molecule has 0 spiro atoms. The molecule has 10 heteroatoms. The number of amides is 1. The molecule has 0 aliphatic carbocycles. The third-order valence-corrected chi connectivity index (χ3v) is 4.56. The Labute approximate surface area is 193 Å². The maximum atomic E-state index is 13.0. The molecule has 0 radical (unpaired) electrons. The quantitative estimate of drug-likeness (QED) is 0.194. The first kappa shape index (κ1) is 23.8. The Hall–Kier alpha value is -2.47. The molecule has 0 fully saturated rings. The Morgan fingerprint density at radius 1 is 1.23 bits per heavy atom. The summed E-state index contributed by atoms with van der Waals surface area (Å²) in [5, 5.41) is 10.1. The number of nitrogens with one attached hydrogen (secondary N) is 3. The van der Waals surface area contributed by atoms with E-state index >= 15 is 0 Å². The maximum Gasteiger partial charge on any atom is 0.262 e. The molecule has 0 atom stereocenters. The summed E-state index contributed by atoms with van der Waals surface area (Å²) in [6.07, 6.45) is 1.61. The first-order chi connectivity index (χ1) is 14.4. The molecule has 0 aliphatic rings. The average molecular weight is 544 g/mol. The number of thiocarbonyl (C=S) groups is 1. The van der Waals surface area contributed by atoms with Crippen LogP contribution in [0.15, 0.2) is 41.5 Å². The van der Waals surface area contributed by atoms with E-state index < -0.39 is 0 Å². The van der Waals surface area contributed by atoms with Crippen LogP contribution in [0, 0.1) is 9.39 Å². The van der Waals surface area contributed by atoms with Crippen LogP contribution in [0.3, 0.4) is 0 Å². The summed E-state index contributed by atoms with van der Waals surface area (Å²) in [6.45, 7) is 4.70. The summed E-state index contributed by atoms with van der Waals surface area (Å²) in [5.74, 6) is 0.212. The van der Waals surface area contributed by atoms with Gasteiger partial charge in [-0.3, -0.25) is 10.2 Å². The molecule has 0 heterocycles. The maximum absolute atomic E-state index is 13.0. The van der Waals surface area contributed by atoms with Gasteiger partial charge < -0.3 is 20.1 Å². The number of hydrogen-bond acceptors (Lipinski definition) is 5. The molecule has 0 saturated heterocycles. The van der Waals surface area contributed by atoms with Gasteiger partial charge in [0.1, 0.15) is 5.82 Å². The second-order valence-electron chi connectivity index (χ2n) is 5.84. The van der Waals surface area contributed by atoms with Crippen LogP contribution < -0.4 is 25.5 Å². The molecule has 160 valence electrons. The molecule has 30 heavy (non-hydrogen) atoms. The first-order valence-electron chi connectivity index (χ1n) is 9.14. The molecular formula is C20H22FIN4O3S. The van der Waals surface area contributed by atoms with E-state index in [1.54, 1.807) is 12.3 Å². The van der Waals surface area contributed by atoms with Crippen LogP contribution in [-0.2, 0) is 4.79 Å². The SMILES string of the molecule is CCNC(=S)N/N=C\c1cc(I)c(OCC(=O)Nc2ccc(F)cc2)c(OCC)c1. The monoisotopic (exact) mass is 544 g/mol. The van der Waals surface area contributed by atoms with E-state index in [1.807, 2.05) is 19.9 Å². The summed E-state index contributed by atoms with van der Waals surface area (Å²) in [5.41, 5.74) is 3.98. The average Bonchev–Trinajstić information content (AvgIpc) is 2.69. The second-order valence-corrected chi connectivity index (χ2v) is 7.41. The van der Waals surface area contributed by atoms with Gasteiger partial charge in [-0.05, 0) is 90.6 Å². The molecule has 2 aromatic rings. The predicted octanol–water partition coefficient (Wildman–Crippen LogP) is 3.66. The van der Waals surface area contributed by atoms with E-state index in [0.717, 1.165) is 9.13 Å². The molecule has 3 N–H and O–H groups in total. The minimum atomic E-state index is -0.373. The summed E-state index contributed by atoms with van der Waals surface area (Å²) in [7, 11) is 0. The fourth-order valence-electron chi connectivity index (χ4n) is 2.30. The Morgan fingerprint density at radius 3 is 2.63 bits per heavy atom. The van der Waals surface area contributed by atoms with E-state index in [9.17, 15) is 9.18 Å². The van der Waals surface area contributed by atoms with Gasteiger partial charge in [-0.15, -0.1) is 0 Å².